The van der Waals surface area contributed by atoms with Crippen LogP contribution in [0.3, 0.4) is 0 Å². The van der Waals surface area contributed by atoms with Crippen LogP contribution >= 0.6 is 0 Å². The number of methoxy groups -OCH3 is 1. The first-order valence-electron chi connectivity index (χ1n) is 10.3. The molecule has 2 aliphatic rings. The summed E-state index contributed by atoms with van der Waals surface area (Å²) >= 11 is -0.246. The normalized spacial score (nSPS) is 20.0. The number of aromatic amines is 1. The molecule has 0 saturated heterocycles. The monoisotopic (exact) mass is 549 g/mol. The Bertz CT molecular complexity index is 1180. The molecule has 3 aromatic rings. The quantitative estimate of drug-likeness (QED) is 0.255. The predicted octanol–water partition coefficient (Wildman–Crippen LogP) is 0.698. The molecule has 2 aliphatic heterocycles. The third-order valence-electron chi connectivity index (χ3n) is 5.52. The molecule has 4 heterocycles. The number of hydrogen-bond acceptors (Lipinski definition) is 5. The van der Waals surface area contributed by atoms with E-state index in [2.05, 4.69) is 27.5 Å². The van der Waals surface area contributed by atoms with E-state index in [1.807, 2.05) is 6.07 Å². The number of carbonyl (C=O) groups is 1. The predicted molar refractivity (Wildman–Crippen MR) is 115 cm³/mol. The van der Waals surface area contributed by atoms with Crippen molar-refractivity contribution in [2.24, 2.45) is 5.92 Å². The molecule has 0 fully saturated rings. The molecule has 2 atom stereocenters. The van der Waals surface area contributed by atoms with Crippen molar-refractivity contribution in [1.29, 1.82) is 0 Å². The molecule has 168 valence electrons. The van der Waals surface area contributed by atoms with E-state index in [0.29, 0.717) is 40.9 Å². The number of fused-ring (bicyclic) bond motifs is 4. The van der Waals surface area contributed by atoms with Crippen molar-refractivity contribution in [2.45, 2.75) is 17.4 Å². The summed E-state index contributed by atoms with van der Waals surface area (Å²) in [6.07, 6.45) is 4.13. The Morgan fingerprint density at radius 3 is 3.06 bits per heavy atom. The van der Waals surface area contributed by atoms with Gasteiger partial charge in [-0.1, -0.05) is 0 Å². The van der Waals surface area contributed by atoms with E-state index in [9.17, 15) is 9.18 Å². The molecule has 5 rings (SSSR count). The number of anilines is 2. The fourth-order valence-electron chi connectivity index (χ4n) is 4.01. The Balaban J connectivity index is 1.70. The van der Waals surface area contributed by atoms with Gasteiger partial charge in [0.15, 0.2) is 0 Å². The zero-order chi connectivity index (χ0) is 22.2. The number of aromatic nitrogens is 2. The van der Waals surface area contributed by atoms with Crippen LogP contribution in [0.15, 0.2) is 36.7 Å². The zero-order valence-electron chi connectivity index (χ0n) is 17.7. The van der Waals surface area contributed by atoms with Crippen molar-refractivity contribution in [3.05, 3.63) is 53.7 Å². The molecule has 32 heavy (non-hydrogen) atoms. The van der Waals surface area contributed by atoms with Gasteiger partial charge in [-0.15, -0.1) is 0 Å². The van der Waals surface area contributed by atoms with Crippen molar-refractivity contribution < 1.29 is 39.9 Å². The van der Waals surface area contributed by atoms with Crippen molar-refractivity contribution >= 4 is 17.3 Å². The van der Waals surface area contributed by atoms with Crippen LogP contribution in [0.25, 0.3) is 11.3 Å². The van der Waals surface area contributed by atoms with Gasteiger partial charge in [0.25, 0.3) is 0 Å². The topological polar surface area (TPSA) is 88.3 Å². The number of ether oxygens (including phenoxy) is 2. The summed E-state index contributed by atoms with van der Waals surface area (Å²) < 4.78 is 27.0. The van der Waals surface area contributed by atoms with E-state index in [1.54, 1.807) is 24.5 Å². The molecule has 3 bridgehead atoms. The zero-order valence-corrected chi connectivity index (χ0v) is 19.8. The summed E-state index contributed by atoms with van der Waals surface area (Å²) in [5, 5.41) is 6.46. The van der Waals surface area contributed by atoms with Crippen LogP contribution in [0.2, 0.25) is 0 Å². The van der Waals surface area contributed by atoms with Crippen LogP contribution in [-0.2, 0) is 6.42 Å². The number of rotatable bonds is 3. The van der Waals surface area contributed by atoms with Crippen molar-refractivity contribution in [3.63, 3.8) is 0 Å². The van der Waals surface area contributed by atoms with Crippen LogP contribution in [0, 0.1) is 11.7 Å². The van der Waals surface area contributed by atoms with Crippen molar-refractivity contribution in [2.75, 3.05) is 23.5 Å². The number of nitrogens with one attached hydrogen (secondary N) is 3. The second-order valence-corrected chi connectivity index (χ2v) is 11.2. The second-order valence-electron chi connectivity index (χ2n) is 7.92. The van der Waals surface area contributed by atoms with Gasteiger partial charge in [-0.05, 0) is 0 Å². The maximum atomic E-state index is 14.3. The van der Waals surface area contributed by atoms with E-state index >= 15 is 0 Å². The van der Waals surface area contributed by atoms with Gasteiger partial charge in [-0.25, -0.2) is 0 Å². The number of halogens is 2. The van der Waals surface area contributed by atoms with Crippen LogP contribution in [0.1, 0.15) is 23.0 Å². The van der Waals surface area contributed by atoms with Crippen molar-refractivity contribution in [3.8, 4) is 22.8 Å². The van der Waals surface area contributed by atoms with E-state index in [4.69, 9.17) is 9.47 Å². The molecular formula is C23H23FIN4O3-. The number of para-hydroxylation sites is 1. The molecule has 9 heteroatoms. The Morgan fingerprint density at radius 2 is 2.22 bits per heavy atom. The van der Waals surface area contributed by atoms with Gasteiger partial charge < -0.3 is 0 Å². The van der Waals surface area contributed by atoms with Crippen molar-refractivity contribution in [1.82, 2.24) is 15.3 Å². The molecule has 1 aromatic carbocycles. The Morgan fingerprint density at radius 1 is 1.34 bits per heavy atom. The fourth-order valence-corrected chi connectivity index (χ4v) is 7.00. The molecule has 0 spiro atoms. The summed E-state index contributed by atoms with van der Waals surface area (Å²) in [7, 11) is 1.42. The van der Waals surface area contributed by atoms with Gasteiger partial charge >= 0.3 is 196 Å². The average Bonchev–Trinajstić information content (AvgIpc) is 3.15. The minimum absolute atomic E-state index is 0.0892. The number of alkyl halides is 2. The van der Waals surface area contributed by atoms with Crippen LogP contribution in [-0.4, -0.2) is 38.1 Å². The third-order valence-corrected chi connectivity index (χ3v) is 9.35. The first-order chi connectivity index (χ1) is 15.5. The number of amides is 1. The first-order valence-corrected chi connectivity index (χ1v) is 13.1. The van der Waals surface area contributed by atoms with E-state index in [1.165, 1.54) is 13.2 Å². The third kappa shape index (κ3) is 3.78. The standard InChI is InChI=1S/C23H23FIN4O3/c1-12-9-25-18-8-16-19(23(30)29-18)21(27-15-5-3-4-14(24)22(15)31-2)20(28-16)13-6-7-26-10-17(13)32-11-12/h3-7,10,12,18,27-28H,8-9,11H2,1-2H3,(H,29,30)/q-1. The SMILES string of the molecule is COc1c(F)cccc1Nc1c2[nH]c3c1C(=O)NC(C3)[I-]CC(C)COc1cnccc1-2. The molecule has 1 amide bonds. The Labute approximate surface area is 195 Å². The van der Waals surface area contributed by atoms with E-state index < -0.39 is 5.82 Å². The number of benzene rings is 1. The fraction of sp³-hybridized carbons (Fsp3) is 0.304. The van der Waals surface area contributed by atoms with Gasteiger partial charge in [-0.2, -0.15) is 0 Å². The van der Waals surface area contributed by atoms with Crippen LogP contribution < -0.4 is 41.3 Å². The summed E-state index contributed by atoms with van der Waals surface area (Å²) in [6, 6.07) is 6.52. The van der Waals surface area contributed by atoms with Gasteiger partial charge in [0, 0.05) is 0 Å². The number of pyridine rings is 1. The summed E-state index contributed by atoms with van der Waals surface area (Å²) in [5.41, 5.74) is 3.93. The first kappa shape index (κ1) is 21.0. The van der Waals surface area contributed by atoms with Crippen LogP contribution in [0.5, 0.6) is 11.5 Å². The maximum absolute atomic E-state index is 14.3. The average molecular weight is 549 g/mol. The molecular weight excluding hydrogens is 526 g/mol. The number of nitrogens with zero attached hydrogens (tertiary/aromatic N) is 1. The molecule has 0 saturated carbocycles. The molecule has 7 nitrogen and oxygen atoms in total. The summed E-state index contributed by atoms with van der Waals surface area (Å²) in [5.74, 6) is 0.510. The van der Waals surface area contributed by atoms with E-state index in [0.717, 1.165) is 22.1 Å². The number of hydrogen-bond donors (Lipinski definition) is 3. The second kappa shape index (κ2) is 8.61. The molecule has 3 N–H and O–H groups in total. The van der Waals surface area contributed by atoms with Gasteiger partial charge in [0.2, 0.25) is 0 Å². The minimum atomic E-state index is -0.481. The van der Waals surface area contributed by atoms with Gasteiger partial charge in [0.1, 0.15) is 0 Å². The van der Waals surface area contributed by atoms with E-state index in [-0.39, 0.29) is 36.9 Å². The molecule has 2 aromatic heterocycles. The van der Waals surface area contributed by atoms with Gasteiger partial charge in [-0.3, -0.25) is 0 Å². The van der Waals surface area contributed by atoms with Gasteiger partial charge in [0.05, 0.1) is 0 Å². The Kier molecular flexibility index (Phi) is 5.66. The number of carbonyl (C=O) groups excluding carboxylic acids is 1. The number of H-pyrrole nitrogens is 1. The molecule has 0 radical (unpaired) electrons. The van der Waals surface area contributed by atoms with Crippen LogP contribution in [0.4, 0.5) is 15.8 Å². The molecule has 0 aliphatic carbocycles. The molecule has 2 unspecified atom stereocenters. The summed E-state index contributed by atoms with van der Waals surface area (Å²) in [4.78, 5) is 20.9. The Hall–Kier alpha value is -2.82. The summed E-state index contributed by atoms with van der Waals surface area (Å²) in [6.45, 7) is 2.76.